The van der Waals surface area contributed by atoms with Crippen LogP contribution in [0.15, 0.2) is 11.4 Å². The van der Waals surface area contributed by atoms with Gasteiger partial charge in [-0.15, -0.1) is 11.3 Å². The Bertz CT molecular complexity index is 341. The van der Waals surface area contributed by atoms with E-state index in [1.54, 1.807) is 11.3 Å². The van der Waals surface area contributed by atoms with Crippen LogP contribution in [0, 0.1) is 18.8 Å². The highest BCUT2D eigenvalue weighted by molar-refractivity contribution is 7.12. The molecule has 2 heterocycles. The van der Waals surface area contributed by atoms with Crippen LogP contribution in [-0.4, -0.2) is 18.9 Å². The molecule has 2 nitrogen and oxygen atoms in total. The molecule has 1 N–H and O–H groups in total. The number of hydrogen-bond acceptors (Lipinski definition) is 3. The zero-order valence-corrected chi connectivity index (χ0v) is 9.36. The molecule has 1 unspecified atom stereocenters. The van der Waals surface area contributed by atoms with E-state index < -0.39 is 0 Å². The van der Waals surface area contributed by atoms with Crippen LogP contribution in [0.3, 0.4) is 0 Å². The van der Waals surface area contributed by atoms with E-state index in [0.717, 1.165) is 23.5 Å². The summed E-state index contributed by atoms with van der Waals surface area (Å²) in [6.45, 7) is 6.05. The Morgan fingerprint density at radius 1 is 1.64 bits per heavy atom. The summed E-state index contributed by atoms with van der Waals surface area (Å²) in [6, 6.07) is 2.02. The molecule has 1 aliphatic heterocycles. The minimum Gasteiger partial charge on any atom is -0.316 e. The molecular formula is C11H15NOS. The predicted octanol–water partition coefficient (Wildman–Crippen LogP) is 2.09. The van der Waals surface area contributed by atoms with Gasteiger partial charge in [-0.1, -0.05) is 6.92 Å². The highest BCUT2D eigenvalue weighted by atomic mass is 32.1. The van der Waals surface area contributed by atoms with Gasteiger partial charge in [-0.05, 0) is 42.9 Å². The second-order valence-corrected chi connectivity index (χ2v) is 4.92. The van der Waals surface area contributed by atoms with Crippen molar-refractivity contribution in [2.45, 2.75) is 13.8 Å². The van der Waals surface area contributed by atoms with E-state index in [9.17, 15) is 4.79 Å². The molecule has 0 aromatic carbocycles. The van der Waals surface area contributed by atoms with Crippen molar-refractivity contribution in [2.75, 3.05) is 13.1 Å². The number of aryl methyl sites for hydroxylation is 1. The van der Waals surface area contributed by atoms with E-state index in [-0.39, 0.29) is 5.92 Å². The molecule has 3 heteroatoms. The molecule has 14 heavy (non-hydrogen) atoms. The summed E-state index contributed by atoms with van der Waals surface area (Å²) in [5, 5.41) is 5.20. The van der Waals surface area contributed by atoms with Crippen LogP contribution in [0.2, 0.25) is 0 Å². The molecule has 0 aliphatic carbocycles. The number of hydrogen-bond donors (Lipinski definition) is 1. The van der Waals surface area contributed by atoms with E-state index in [1.165, 1.54) is 0 Å². The normalized spacial score (nSPS) is 19.0. The van der Waals surface area contributed by atoms with Crippen molar-refractivity contribution in [1.82, 2.24) is 5.32 Å². The van der Waals surface area contributed by atoms with Gasteiger partial charge in [-0.25, -0.2) is 0 Å². The summed E-state index contributed by atoms with van der Waals surface area (Å²) in [5.74, 6) is 1.04. The topological polar surface area (TPSA) is 29.1 Å². The Kier molecular flexibility index (Phi) is 2.70. The van der Waals surface area contributed by atoms with Gasteiger partial charge < -0.3 is 5.32 Å². The van der Waals surface area contributed by atoms with Gasteiger partial charge in [-0.2, -0.15) is 0 Å². The van der Waals surface area contributed by atoms with Gasteiger partial charge in [0.25, 0.3) is 0 Å². The summed E-state index contributed by atoms with van der Waals surface area (Å²) in [7, 11) is 0. The van der Waals surface area contributed by atoms with Crippen molar-refractivity contribution >= 4 is 17.1 Å². The summed E-state index contributed by atoms with van der Waals surface area (Å²) >= 11 is 1.57. The molecule has 1 aromatic heterocycles. The van der Waals surface area contributed by atoms with E-state index in [4.69, 9.17) is 0 Å². The molecule has 2 rings (SSSR count). The molecule has 1 fully saturated rings. The average molecular weight is 209 g/mol. The van der Waals surface area contributed by atoms with E-state index in [1.807, 2.05) is 25.3 Å². The summed E-state index contributed by atoms with van der Waals surface area (Å²) in [5.41, 5.74) is 1.12. The molecule has 1 aromatic rings. The Morgan fingerprint density at radius 3 is 2.79 bits per heavy atom. The third-order valence-corrected chi connectivity index (χ3v) is 4.05. The molecule has 0 saturated carbocycles. The smallest absolute Gasteiger partial charge is 0.176 e. The van der Waals surface area contributed by atoms with Crippen molar-refractivity contribution in [3.05, 3.63) is 21.9 Å². The van der Waals surface area contributed by atoms with Crippen LogP contribution in [0.4, 0.5) is 0 Å². The van der Waals surface area contributed by atoms with Gasteiger partial charge in [0.05, 0.1) is 4.88 Å². The quantitative estimate of drug-likeness (QED) is 0.772. The van der Waals surface area contributed by atoms with Gasteiger partial charge in [0.2, 0.25) is 0 Å². The van der Waals surface area contributed by atoms with Crippen LogP contribution >= 0.6 is 11.3 Å². The molecule has 0 spiro atoms. The maximum atomic E-state index is 12.0. The van der Waals surface area contributed by atoms with E-state index in [0.29, 0.717) is 11.7 Å². The Balaban J connectivity index is 2.11. The van der Waals surface area contributed by atoms with Crippen LogP contribution in [-0.2, 0) is 0 Å². The van der Waals surface area contributed by atoms with Crippen molar-refractivity contribution in [1.29, 1.82) is 0 Å². The minimum absolute atomic E-state index is 0.175. The van der Waals surface area contributed by atoms with Crippen LogP contribution in [0.1, 0.15) is 22.2 Å². The molecule has 0 amide bonds. The first kappa shape index (κ1) is 9.87. The summed E-state index contributed by atoms with van der Waals surface area (Å²) < 4.78 is 0. The van der Waals surface area contributed by atoms with Crippen molar-refractivity contribution < 1.29 is 4.79 Å². The van der Waals surface area contributed by atoms with Gasteiger partial charge in [-0.3, -0.25) is 4.79 Å². The summed E-state index contributed by atoms with van der Waals surface area (Å²) in [6.07, 6.45) is 0. The lowest BCUT2D eigenvalue weighted by molar-refractivity contribution is 0.0858. The number of thiophene rings is 1. The molecular weight excluding hydrogens is 194 g/mol. The van der Waals surface area contributed by atoms with E-state index in [2.05, 4.69) is 5.32 Å². The van der Waals surface area contributed by atoms with Crippen LogP contribution in [0.5, 0.6) is 0 Å². The van der Waals surface area contributed by atoms with Crippen molar-refractivity contribution in [3.8, 4) is 0 Å². The molecule has 1 aliphatic rings. The fourth-order valence-corrected chi connectivity index (χ4v) is 2.67. The third-order valence-electron chi connectivity index (χ3n) is 3.02. The number of carbonyl (C=O) groups is 1. The minimum atomic E-state index is 0.175. The second kappa shape index (κ2) is 3.83. The first-order valence-electron chi connectivity index (χ1n) is 4.99. The van der Waals surface area contributed by atoms with Gasteiger partial charge >= 0.3 is 0 Å². The molecule has 0 bridgehead atoms. The van der Waals surface area contributed by atoms with Crippen molar-refractivity contribution in [3.63, 3.8) is 0 Å². The molecule has 76 valence electrons. The fraction of sp³-hybridized carbons (Fsp3) is 0.545. The lowest BCUT2D eigenvalue weighted by atomic mass is 9.85. The highest BCUT2D eigenvalue weighted by Gasteiger charge is 2.30. The second-order valence-electron chi connectivity index (χ2n) is 4.00. The number of rotatable bonds is 3. The maximum Gasteiger partial charge on any atom is 0.176 e. The zero-order chi connectivity index (χ0) is 10.1. The van der Waals surface area contributed by atoms with Gasteiger partial charge in [0, 0.05) is 5.92 Å². The SMILES string of the molecule is Cc1ccsc1C(=O)C(C)C1CNC1. The lowest BCUT2D eigenvalue weighted by Gasteiger charge is -2.31. The standard InChI is InChI=1S/C11H15NOS/c1-7-3-4-14-11(7)10(13)8(2)9-5-12-6-9/h3-4,8-9,12H,5-6H2,1-2H3. The number of ketones is 1. The van der Waals surface area contributed by atoms with Crippen LogP contribution in [0.25, 0.3) is 0 Å². The first-order valence-corrected chi connectivity index (χ1v) is 5.87. The highest BCUT2D eigenvalue weighted by Crippen LogP contribution is 2.25. The van der Waals surface area contributed by atoms with Gasteiger partial charge in [0.1, 0.15) is 0 Å². The Labute approximate surface area is 88.3 Å². The first-order chi connectivity index (χ1) is 6.70. The molecule has 1 atom stereocenters. The van der Waals surface area contributed by atoms with Gasteiger partial charge in [0.15, 0.2) is 5.78 Å². The number of Topliss-reactive ketones (excluding diaryl/α,β-unsaturated/α-hetero) is 1. The van der Waals surface area contributed by atoms with Crippen molar-refractivity contribution in [2.24, 2.45) is 11.8 Å². The largest absolute Gasteiger partial charge is 0.316 e. The summed E-state index contributed by atoms with van der Waals surface area (Å²) in [4.78, 5) is 13.0. The third kappa shape index (κ3) is 1.62. The number of nitrogens with one attached hydrogen (secondary N) is 1. The number of carbonyl (C=O) groups excluding carboxylic acids is 1. The maximum absolute atomic E-state index is 12.0. The average Bonchev–Trinajstić information content (AvgIpc) is 2.47. The fourth-order valence-electron chi connectivity index (χ4n) is 1.71. The molecule has 1 saturated heterocycles. The Morgan fingerprint density at radius 2 is 2.36 bits per heavy atom. The zero-order valence-electron chi connectivity index (χ0n) is 8.54. The monoisotopic (exact) mass is 209 g/mol. The van der Waals surface area contributed by atoms with Crippen LogP contribution < -0.4 is 5.32 Å². The van der Waals surface area contributed by atoms with E-state index >= 15 is 0 Å². The predicted molar refractivity (Wildman–Crippen MR) is 58.9 cm³/mol. The molecule has 0 radical (unpaired) electrons. The lowest BCUT2D eigenvalue weighted by Crippen LogP contribution is -2.47. The Hall–Kier alpha value is -0.670.